The predicted octanol–water partition coefficient (Wildman–Crippen LogP) is 2.01. The van der Waals surface area contributed by atoms with Gasteiger partial charge >= 0.3 is 0 Å². The molecule has 0 unspecified atom stereocenters. The van der Waals surface area contributed by atoms with Gasteiger partial charge in [-0.3, -0.25) is 4.98 Å². The van der Waals surface area contributed by atoms with Crippen LogP contribution in [0.4, 0.5) is 5.69 Å². The fourth-order valence-electron chi connectivity index (χ4n) is 2.13. The predicted molar refractivity (Wildman–Crippen MR) is 82.4 cm³/mol. The second-order valence-electron chi connectivity index (χ2n) is 4.51. The normalized spacial score (nSPS) is 16.2. The molecule has 1 fully saturated rings. The molecule has 19 heavy (non-hydrogen) atoms. The van der Waals surface area contributed by atoms with E-state index in [0.717, 1.165) is 50.0 Å². The van der Waals surface area contributed by atoms with Crippen molar-refractivity contribution in [1.82, 2.24) is 10.3 Å². The van der Waals surface area contributed by atoms with E-state index in [-0.39, 0.29) is 0 Å². The van der Waals surface area contributed by atoms with Crippen LogP contribution in [0.25, 0.3) is 0 Å². The summed E-state index contributed by atoms with van der Waals surface area (Å²) in [5, 5.41) is 3.41. The third kappa shape index (κ3) is 4.91. The summed E-state index contributed by atoms with van der Waals surface area (Å²) in [7, 11) is 0. The molecule has 2 rings (SSSR count). The van der Waals surface area contributed by atoms with Crippen LogP contribution in [0.5, 0.6) is 5.75 Å². The fourth-order valence-corrected chi connectivity index (χ4v) is 2.62. The Morgan fingerprint density at radius 2 is 2.32 bits per heavy atom. The zero-order chi connectivity index (χ0) is 13.3. The van der Waals surface area contributed by atoms with Gasteiger partial charge in [0.1, 0.15) is 5.75 Å². The number of hydrogen-bond donors (Lipinski definition) is 1. The molecule has 5 heteroatoms. The van der Waals surface area contributed by atoms with E-state index in [4.69, 9.17) is 4.74 Å². The minimum atomic E-state index is 0.755. The lowest BCUT2D eigenvalue weighted by Crippen LogP contribution is -2.27. The van der Waals surface area contributed by atoms with Gasteiger partial charge in [0.25, 0.3) is 0 Å². The van der Waals surface area contributed by atoms with Gasteiger partial charge < -0.3 is 15.0 Å². The molecule has 0 radical (unpaired) electrons. The lowest BCUT2D eigenvalue weighted by molar-refractivity contribution is 0.342. The molecule has 1 saturated heterocycles. The van der Waals surface area contributed by atoms with Crippen LogP contribution in [-0.2, 0) is 0 Å². The third-order valence-corrected chi connectivity index (χ3v) is 3.97. The SMILES string of the molecule is CCSCCOc1cncc(N2CCCNCC2)c1. The van der Waals surface area contributed by atoms with E-state index in [1.54, 1.807) is 6.20 Å². The number of thioether (sulfide) groups is 1. The van der Waals surface area contributed by atoms with Gasteiger partial charge in [0, 0.05) is 31.5 Å². The summed E-state index contributed by atoms with van der Waals surface area (Å²) in [5.74, 6) is 3.06. The summed E-state index contributed by atoms with van der Waals surface area (Å²) < 4.78 is 5.75. The van der Waals surface area contributed by atoms with Crippen molar-refractivity contribution in [2.75, 3.05) is 49.2 Å². The number of rotatable bonds is 6. The van der Waals surface area contributed by atoms with Crippen molar-refractivity contribution < 1.29 is 4.74 Å². The Hall–Kier alpha value is -0.940. The number of nitrogens with one attached hydrogen (secondary N) is 1. The van der Waals surface area contributed by atoms with Crippen molar-refractivity contribution in [3.05, 3.63) is 18.5 Å². The van der Waals surface area contributed by atoms with Gasteiger partial charge in [-0.05, 0) is 18.7 Å². The second-order valence-corrected chi connectivity index (χ2v) is 5.91. The Labute approximate surface area is 119 Å². The molecule has 1 N–H and O–H groups in total. The van der Waals surface area contributed by atoms with E-state index in [1.807, 2.05) is 18.0 Å². The average molecular weight is 281 g/mol. The molecule has 0 atom stereocenters. The van der Waals surface area contributed by atoms with E-state index in [0.29, 0.717) is 0 Å². The van der Waals surface area contributed by atoms with Crippen LogP contribution in [0.2, 0.25) is 0 Å². The van der Waals surface area contributed by atoms with Gasteiger partial charge in [-0.15, -0.1) is 0 Å². The molecule has 0 spiro atoms. The number of aromatic nitrogens is 1. The number of nitrogens with zero attached hydrogens (tertiary/aromatic N) is 2. The minimum Gasteiger partial charge on any atom is -0.491 e. The van der Waals surface area contributed by atoms with Crippen molar-refractivity contribution in [1.29, 1.82) is 0 Å². The molecular weight excluding hydrogens is 258 g/mol. The van der Waals surface area contributed by atoms with E-state index < -0.39 is 0 Å². The second kappa shape index (κ2) is 8.27. The molecule has 0 saturated carbocycles. The molecule has 1 aliphatic heterocycles. The average Bonchev–Trinajstić information content (AvgIpc) is 2.73. The van der Waals surface area contributed by atoms with Crippen molar-refractivity contribution in [3.8, 4) is 5.75 Å². The number of hydrogen-bond acceptors (Lipinski definition) is 5. The first-order valence-electron chi connectivity index (χ1n) is 7.01. The minimum absolute atomic E-state index is 0.755. The van der Waals surface area contributed by atoms with Gasteiger partial charge in [-0.1, -0.05) is 6.92 Å². The maximum atomic E-state index is 5.75. The number of anilines is 1. The molecule has 0 aliphatic carbocycles. The molecule has 1 aliphatic rings. The third-order valence-electron chi connectivity index (χ3n) is 3.10. The zero-order valence-corrected chi connectivity index (χ0v) is 12.4. The Balaban J connectivity index is 1.90. The lowest BCUT2D eigenvalue weighted by Gasteiger charge is -2.22. The van der Waals surface area contributed by atoms with E-state index in [2.05, 4.69) is 28.2 Å². The summed E-state index contributed by atoms with van der Waals surface area (Å²) >= 11 is 1.90. The lowest BCUT2D eigenvalue weighted by atomic mass is 10.3. The van der Waals surface area contributed by atoms with Gasteiger partial charge in [-0.2, -0.15) is 11.8 Å². The van der Waals surface area contributed by atoms with Crippen molar-refractivity contribution in [2.45, 2.75) is 13.3 Å². The summed E-state index contributed by atoms with van der Waals surface area (Å²) in [6.45, 7) is 7.19. The number of pyridine rings is 1. The molecule has 0 amide bonds. The van der Waals surface area contributed by atoms with Crippen LogP contribution in [0.1, 0.15) is 13.3 Å². The standard InChI is InChI=1S/C14H23N3OS/c1-2-19-9-8-18-14-10-13(11-16-12-14)17-6-3-4-15-5-7-17/h10-12,15H,2-9H2,1H3. The maximum absolute atomic E-state index is 5.75. The molecule has 0 bridgehead atoms. The largest absolute Gasteiger partial charge is 0.491 e. The van der Waals surface area contributed by atoms with Gasteiger partial charge in [0.15, 0.2) is 0 Å². The highest BCUT2D eigenvalue weighted by Gasteiger charge is 2.10. The van der Waals surface area contributed by atoms with Gasteiger partial charge in [0.05, 0.1) is 24.7 Å². The van der Waals surface area contributed by atoms with E-state index in [9.17, 15) is 0 Å². The van der Waals surface area contributed by atoms with Crippen LogP contribution in [0.3, 0.4) is 0 Å². The Morgan fingerprint density at radius 3 is 3.21 bits per heavy atom. The molecule has 1 aromatic heterocycles. The Kier molecular flexibility index (Phi) is 6.30. The molecule has 2 heterocycles. The highest BCUT2D eigenvalue weighted by molar-refractivity contribution is 7.99. The summed E-state index contributed by atoms with van der Waals surface area (Å²) in [6.07, 6.45) is 4.91. The first kappa shape index (κ1) is 14.5. The van der Waals surface area contributed by atoms with Crippen LogP contribution in [-0.4, -0.2) is 49.3 Å². The van der Waals surface area contributed by atoms with Crippen LogP contribution < -0.4 is 15.0 Å². The molecule has 4 nitrogen and oxygen atoms in total. The molecule has 106 valence electrons. The zero-order valence-electron chi connectivity index (χ0n) is 11.6. The highest BCUT2D eigenvalue weighted by atomic mass is 32.2. The Bertz CT molecular complexity index is 367. The van der Waals surface area contributed by atoms with Crippen molar-refractivity contribution >= 4 is 17.4 Å². The summed E-state index contributed by atoms with van der Waals surface area (Å²) in [6, 6.07) is 2.11. The van der Waals surface area contributed by atoms with Crippen LogP contribution in [0.15, 0.2) is 18.5 Å². The van der Waals surface area contributed by atoms with E-state index in [1.165, 1.54) is 12.1 Å². The monoisotopic (exact) mass is 281 g/mol. The smallest absolute Gasteiger partial charge is 0.139 e. The van der Waals surface area contributed by atoms with Gasteiger partial charge in [0.2, 0.25) is 0 Å². The topological polar surface area (TPSA) is 37.4 Å². The number of ether oxygens (including phenoxy) is 1. The summed E-state index contributed by atoms with van der Waals surface area (Å²) in [5.41, 5.74) is 1.17. The van der Waals surface area contributed by atoms with Gasteiger partial charge in [-0.25, -0.2) is 0 Å². The molecular formula is C14H23N3OS. The Morgan fingerprint density at radius 1 is 1.37 bits per heavy atom. The molecule has 1 aromatic rings. The fraction of sp³-hybridized carbons (Fsp3) is 0.643. The van der Waals surface area contributed by atoms with Crippen molar-refractivity contribution in [2.24, 2.45) is 0 Å². The first-order chi connectivity index (χ1) is 9.40. The quantitative estimate of drug-likeness (QED) is 0.807. The molecule has 0 aromatic carbocycles. The highest BCUT2D eigenvalue weighted by Crippen LogP contribution is 2.20. The summed E-state index contributed by atoms with van der Waals surface area (Å²) in [4.78, 5) is 6.67. The van der Waals surface area contributed by atoms with E-state index >= 15 is 0 Å². The maximum Gasteiger partial charge on any atom is 0.139 e. The van der Waals surface area contributed by atoms with Crippen LogP contribution in [0, 0.1) is 0 Å². The van der Waals surface area contributed by atoms with Crippen LogP contribution >= 0.6 is 11.8 Å². The van der Waals surface area contributed by atoms with Crippen molar-refractivity contribution in [3.63, 3.8) is 0 Å². The first-order valence-corrected chi connectivity index (χ1v) is 8.17.